The van der Waals surface area contributed by atoms with Crippen molar-refractivity contribution in [2.75, 3.05) is 6.54 Å². The van der Waals surface area contributed by atoms with E-state index in [1.165, 1.54) is 32.1 Å². The van der Waals surface area contributed by atoms with Crippen LogP contribution in [0.2, 0.25) is 5.02 Å². The topological polar surface area (TPSA) is 38.3 Å². The fraction of sp³-hybridized carbons (Fsp3) is 0.588. The van der Waals surface area contributed by atoms with Crippen LogP contribution in [0.15, 0.2) is 24.3 Å². The van der Waals surface area contributed by atoms with Crippen LogP contribution in [-0.2, 0) is 4.79 Å². The number of benzene rings is 1. The van der Waals surface area contributed by atoms with Gasteiger partial charge >= 0.3 is 0 Å². The predicted molar refractivity (Wildman–Crippen MR) is 85.7 cm³/mol. The second-order valence-electron chi connectivity index (χ2n) is 5.72. The molecule has 0 aromatic heterocycles. The predicted octanol–water partition coefficient (Wildman–Crippen LogP) is 4.19. The zero-order valence-electron chi connectivity index (χ0n) is 12.6. The first-order valence-corrected chi connectivity index (χ1v) is 8.26. The van der Waals surface area contributed by atoms with Crippen LogP contribution < -0.4 is 10.1 Å². The van der Waals surface area contributed by atoms with Crippen molar-refractivity contribution in [1.82, 2.24) is 5.32 Å². The molecule has 4 heteroatoms. The molecule has 1 atom stereocenters. The molecule has 116 valence electrons. The van der Waals surface area contributed by atoms with E-state index in [0.29, 0.717) is 23.1 Å². The van der Waals surface area contributed by atoms with Crippen LogP contribution in [-0.4, -0.2) is 18.6 Å². The van der Waals surface area contributed by atoms with E-state index in [9.17, 15) is 4.79 Å². The molecular weight excluding hydrogens is 286 g/mol. The van der Waals surface area contributed by atoms with E-state index in [1.807, 2.05) is 19.1 Å². The molecule has 1 N–H and O–H groups in total. The minimum absolute atomic E-state index is 0.0250. The summed E-state index contributed by atoms with van der Waals surface area (Å²) in [4.78, 5) is 12.2. The smallest absolute Gasteiger partial charge is 0.261 e. The standard InChI is InChI=1S/C17H24ClNO2/c1-2-16(21-15-10-6-9-14(18)11-15)17(20)19-12-13-7-4-3-5-8-13/h6,9-11,13,16H,2-5,7-8,12H2,1H3,(H,19,20)/t16-/m0/s1. The third kappa shape index (κ3) is 5.24. The Kier molecular flexibility index (Phi) is 6.37. The maximum Gasteiger partial charge on any atom is 0.261 e. The minimum atomic E-state index is -0.452. The lowest BCUT2D eigenvalue weighted by Gasteiger charge is -2.23. The molecule has 0 heterocycles. The van der Waals surface area contributed by atoms with Crippen LogP contribution >= 0.6 is 11.6 Å². The van der Waals surface area contributed by atoms with Gasteiger partial charge in [-0.15, -0.1) is 0 Å². The number of ether oxygens (including phenoxy) is 1. The van der Waals surface area contributed by atoms with Gasteiger partial charge in [0.2, 0.25) is 0 Å². The Morgan fingerprint density at radius 1 is 1.38 bits per heavy atom. The quantitative estimate of drug-likeness (QED) is 0.855. The van der Waals surface area contributed by atoms with Gasteiger partial charge in [0.1, 0.15) is 5.75 Å². The van der Waals surface area contributed by atoms with E-state index in [-0.39, 0.29) is 5.91 Å². The monoisotopic (exact) mass is 309 g/mol. The van der Waals surface area contributed by atoms with Crippen LogP contribution in [0.5, 0.6) is 5.75 Å². The van der Waals surface area contributed by atoms with Gasteiger partial charge in [0.05, 0.1) is 0 Å². The first-order chi connectivity index (χ1) is 10.2. The summed E-state index contributed by atoms with van der Waals surface area (Å²) in [7, 11) is 0. The minimum Gasteiger partial charge on any atom is -0.481 e. The second-order valence-corrected chi connectivity index (χ2v) is 6.16. The number of rotatable bonds is 6. The first kappa shape index (κ1) is 16.2. The SMILES string of the molecule is CC[C@H](Oc1cccc(Cl)c1)C(=O)NCC1CCCCC1. The van der Waals surface area contributed by atoms with E-state index in [0.717, 1.165) is 6.54 Å². The van der Waals surface area contributed by atoms with Gasteiger partial charge in [-0.1, -0.05) is 43.9 Å². The maximum absolute atomic E-state index is 12.2. The van der Waals surface area contributed by atoms with Crippen molar-refractivity contribution in [2.45, 2.75) is 51.6 Å². The normalized spacial score (nSPS) is 17.2. The Morgan fingerprint density at radius 3 is 2.81 bits per heavy atom. The summed E-state index contributed by atoms with van der Waals surface area (Å²) >= 11 is 5.93. The molecule has 1 aliphatic carbocycles. The van der Waals surface area contributed by atoms with Crippen LogP contribution in [0.4, 0.5) is 0 Å². The van der Waals surface area contributed by atoms with Gasteiger partial charge in [0, 0.05) is 11.6 Å². The molecule has 0 saturated heterocycles. The third-order valence-electron chi connectivity index (χ3n) is 4.03. The van der Waals surface area contributed by atoms with Gasteiger partial charge in [-0.25, -0.2) is 0 Å². The number of carbonyl (C=O) groups excluding carboxylic acids is 1. The zero-order valence-corrected chi connectivity index (χ0v) is 13.4. The summed E-state index contributed by atoms with van der Waals surface area (Å²) in [5.41, 5.74) is 0. The van der Waals surface area contributed by atoms with Crippen LogP contribution in [0.3, 0.4) is 0 Å². The summed E-state index contributed by atoms with van der Waals surface area (Å²) in [6.45, 7) is 2.73. The lowest BCUT2D eigenvalue weighted by Crippen LogP contribution is -2.40. The molecule has 1 fully saturated rings. The number of hydrogen-bond donors (Lipinski definition) is 1. The molecule has 1 aromatic rings. The molecule has 0 spiro atoms. The van der Waals surface area contributed by atoms with Crippen LogP contribution in [0.1, 0.15) is 45.4 Å². The number of hydrogen-bond acceptors (Lipinski definition) is 2. The van der Waals surface area contributed by atoms with Crippen LogP contribution in [0, 0.1) is 5.92 Å². The number of nitrogens with one attached hydrogen (secondary N) is 1. The lowest BCUT2D eigenvalue weighted by molar-refractivity contribution is -0.128. The average molecular weight is 310 g/mol. The number of halogens is 1. The highest BCUT2D eigenvalue weighted by Crippen LogP contribution is 2.23. The van der Waals surface area contributed by atoms with E-state index in [1.54, 1.807) is 12.1 Å². The summed E-state index contributed by atoms with van der Waals surface area (Å²) < 4.78 is 5.75. The Hall–Kier alpha value is -1.22. The molecule has 0 unspecified atom stereocenters. The molecular formula is C17H24ClNO2. The number of amides is 1. The molecule has 1 aromatic carbocycles. The molecule has 1 amide bonds. The molecule has 1 aliphatic rings. The van der Waals surface area contributed by atoms with E-state index >= 15 is 0 Å². The van der Waals surface area contributed by atoms with Crippen molar-refractivity contribution < 1.29 is 9.53 Å². The van der Waals surface area contributed by atoms with Crippen molar-refractivity contribution >= 4 is 17.5 Å². The first-order valence-electron chi connectivity index (χ1n) is 7.89. The Bertz CT molecular complexity index is 458. The third-order valence-corrected chi connectivity index (χ3v) is 4.26. The van der Waals surface area contributed by atoms with Crippen molar-refractivity contribution in [3.8, 4) is 5.75 Å². The van der Waals surface area contributed by atoms with E-state index in [2.05, 4.69) is 5.32 Å². The molecule has 0 aliphatic heterocycles. The van der Waals surface area contributed by atoms with Gasteiger partial charge < -0.3 is 10.1 Å². The second kappa shape index (κ2) is 8.28. The van der Waals surface area contributed by atoms with E-state index < -0.39 is 6.10 Å². The van der Waals surface area contributed by atoms with Crippen molar-refractivity contribution in [3.63, 3.8) is 0 Å². The Labute approximate surface area is 132 Å². The summed E-state index contributed by atoms with van der Waals surface area (Å²) in [6.07, 6.45) is 6.56. The fourth-order valence-electron chi connectivity index (χ4n) is 2.78. The fourth-order valence-corrected chi connectivity index (χ4v) is 2.96. The van der Waals surface area contributed by atoms with Gasteiger partial charge in [0.15, 0.2) is 6.10 Å². The maximum atomic E-state index is 12.2. The van der Waals surface area contributed by atoms with Crippen molar-refractivity contribution in [1.29, 1.82) is 0 Å². The van der Waals surface area contributed by atoms with Gasteiger partial charge in [-0.2, -0.15) is 0 Å². The summed E-state index contributed by atoms with van der Waals surface area (Å²) in [5.74, 6) is 1.25. The number of carbonyl (C=O) groups is 1. The van der Waals surface area contributed by atoms with Gasteiger partial charge in [0.25, 0.3) is 5.91 Å². The molecule has 0 radical (unpaired) electrons. The van der Waals surface area contributed by atoms with Gasteiger partial charge in [-0.05, 0) is 43.4 Å². The highest BCUT2D eigenvalue weighted by atomic mass is 35.5. The average Bonchev–Trinajstić information content (AvgIpc) is 2.51. The highest BCUT2D eigenvalue weighted by Gasteiger charge is 2.20. The van der Waals surface area contributed by atoms with Crippen molar-refractivity contribution in [2.24, 2.45) is 5.92 Å². The molecule has 3 nitrogen and oxygen atoms in total. The zero-order chi connectivity index (χ0) is 15.1. The molecule has 2 rings (SSSR count). The lowest BCUT2D eigenvalue weighted by atomic mass is 9.89. The Morgan fingerprint density at radius 2 is 2.14 bits per heavy atom. The van der Waals surface area contributed by atoms with Crippen molar-refractivity contribution in [3.05, 3.63) is 29.3 Å². The molecule has 1 saturated carbocycles. The summed E-state index contributed by atoms with van der Waals surface area (Å²) in [6, 6.07) is 7.17. The van der Waals surface area contributed by atoms with Gasteiger partial charge in [-0.3, -0.25) is 4.79 Å². The van der Waals surface area contributed by atoms with Crippen LogP contribution in [0.25, 0.3) is 0 Å². The van der Waals surface area contributed by atoms with E-state index in [4.69, 9.17) is 16.3 Å². The molecule has 0 bridgehead atoms. The Balaban J connectivity index is 1.83. The highest BCUT2D eigenvalue weighted by molar-refractivity contribution is 6.30. The largest absolute Gasteiger partial charge is 0.481 e. The molecule has 21 heavy (non-hydrogen) atoms. The summed E-state index contributed by atoms with van der Waals surface area (Å²) in [5, 5.41) is 3.66.